The van der Waals surface area contributed by atoms with Crippen molar-refractivity contribution in [2.24, 2.45) is 5.73 Å². The summed E-state index contributed by atoms with van der Waals surface area (Å²) in [5, 5.41) is 0. The van der Waals surface area contributed by atoms with E-state index in [1.165, 1.54) is 19.4 Å². The highest BCUT2D eigenvalue weighted by Crippen LogP contribution is 2.25. The lowest BCUT2D eigenvalue weighted by molar-refractivity contribution is 0.210. The Hall–Kier alpha value is -2.31. The fourth-order valence-corrected chi connectivity index (χ4v) is 1.13. The van der Waals surface area contributed by atoms with Gasteiger partial charge in [-0.3, -0.25) is 0 Å². The van der Waals surface area contributed by atoms with Gasteiger partial charge in [0.15, 0.2) is 11.6 Å². The van der Waals surface area contributed by atoms with Crippen LogP contribution in [0.1, 0.15) is 12.6 Å². The summed E-state index contributed by atoms with van der Waals surface area (Å²) in [5.74, 6) is -1.10. The largest absolute Gasteiger partial charge is 0.501 e. The van der Waals surface area contributed by atoms with Crippen molar-refractivity contribution >= 4 is 12.2 Å². The Morgan fingerprint density at radius 2 is 2.33 bits per heavy atom. The number of ether oxygens (including phenoxy) is 3. The molecule has 0 unspecified atom stereocenters. The van der Waals surface area contributed by atoms with Gasteiger partial charge in [0.2, 0.25) is 0 Å². The monoisotopic (exact) mass is 256 g/mol. The molecule has 1 aromatic heterocycles. The van der Waals surface area contributed by atoms with Gasteiger partial charge in [-0.1, -0.05) is 0 Å². The summed E-state index contributed by atoms with van der Waals surface area (Å²) in [5.41, 5.74) is 5.04. The van der Waals surface area contributed by atoms with Crippen LogP contribution < -0.4 is 15.2 Å². The molecule has 1 aromatic rings. The van der Waals surface area contributed by atoms with Crippen LogP contribution in [0, 0.1) is 5.82 Å². The predicted octanol–water partition coefficient (Wildman–Crippen LogP) is 1.69. The van der Waals surface area contributed by atoms with Gasteiger partial charge in [0.25, 0.3) is 5.88 Å². The topological polar surface area (TPSA) is 83.7 Å². The molecule has 0 aliphatic carbocycles. The number of aromatic nitrogens is 1. The molecule has 1 amide bonds. The number of primary amides is 1. The third-order valence-electron chi connectivity index (χ3n) is 1.83. The quantitative estimate of drug-likeness (QED) is 0.810. The van der Waals surface area contributed by atoms with Crippen molar-refractivity contribution in [1.29, 1.82) is 0 Å². The van der Waals surface area contributed by atoms with Crippen molar-refractivity contribution in [2.45, 2.75) is 6.92 Å². The smallest absolute Gasteiger partial charge is 0.410 e. The summed E-state index contributed by atoms with van der Waals surface area (Å²) < 4.78 is 27.7. The third-order valence-corrected chi connectivity index (χ3v) is 1.83. The van der Waals surface area contributed by atoms with Crippen LogP contribution >= 0.6 is 0 Å². The van der Waals surface area contributed by atoms with Crippen LogP contribution in [0.2, 0.25) is 0 Å². The highest BCUT2D eigenvalue weighted by molar-refractivity contribution is 5.70. The molecule has 0 radical (unpaired) electrons. The van der Waals surface area contributed by atoms with E-state index in [1.54, 1.807) is 6.92 Å². The molecule has 0 aliphatic heterocycles. The van der Waals surface area contributed by atoms with Gasteiger partial charge >= 0.3 is 6.09 Å². The maximum Gasteiger partial charge on any atom is 0.410 e. The minimum absolute atomic E-state index is 0.114. The van der Waals surface area contributed by atoms with E-state index in [9.17, 15) is 9.18 Å². The second kappa shape index (κ2) is 6.43. The molecule has 0 fully saturated rings. The predicted molar refractivity (Wildman–Crippen MR) is 61.6 cm³/mol. The molecule has 7 heteroatoms. The minimum atomic E-state index is -1.06. The van der Waals surface area contributed by atoms with E-state index in [-0.39, 0.29) is 17.3 Å². The van der Waals surface area contributed by atoms with Gasteiger partial charge < -0.3 is 19.9 Å². The molecular formula is C11H13FN2O4. The lowest BCUT2D eigenvalue weighted by Crippen LogP contribution is -2.17. The average Bonchev–Trinajstić information content (AvgIpc) is 2.31. The fraction of sp³-hybridized carbons (Fsp3) is 0.273. The molecule has 0 bridgehead atoms. The molecule has 0 spiro atoms. The molecular weight excluding hydrogens is 243 g/mol. The number of methoxy groups -OCH3 is 1. The Balaban J connectivity index is 3.12. The van der Waals surface area contributed by atoms with Crippen LogP contribution in [0.5, 0.6) is 11.6 Å². The van der Waals surface area contributed by atoms with Gasteiger partial charge in [-0.05, 0) is 6.92 Å². The van der Waals surface area contributed by atoms with Gasteiger partial charge in [0, 0.05) is 12.1 Å². The highest BCUT2D eigenvalue weighted by Gasteiger charge is 2.13. The SMILES string of the molecule is CCOC=Cc1nc(OC)c(F)cc1OC(N)=O. The number of amides is 1. The summed E-state index contributed by atoms with van der Waals surface area (Å²) in [6, 6.07) is 0.961. The molecule has 0 atom stereocenters. The Labute approximate surface area is 103 Å². The van der Waals surface area contributed by atoms with Gasteiger partial charge in [-0.15, -0.1) is 0 Å². The second-order valence-electron chi connectivity index (χ2n) is 3.04. The van der Waals surface area contributed by atoms with Crippen molar-refractivity contribution < 1.29 is 23.4 Å². The van der Waals surface area contributed by atoms with E-state index in [0.29, 0.717) is 6.61 Å². The number of hydrogen-bond donors (Lipinski definition) is 1. The Morgan fingerprint density at radius 1 is 1.61 bits per heavy atom. The first-order chi connectivity index (χ1) is 8.58. The van der Waals surface area contributed by atoms with Gasteiger partial charge in [0.05, 0.1) is 20.0 Å². The van der Waals surface area contributed by atoms with Crippen LogP contribution in [0.3, 0.4) is 0 Å². The summed E-state index contributed by atoms with van der Waals surface area (Å²) in [4.78, 5) is 14.5. The molecule has 18 heavy (non-hydrogen) atoms. The highest BCUT2D eigenvalue weighted by atomic mass is 19.1. The molecule has 0 saturated carbocycles. The maximum absolute atomic E-state index is 13.4. The molecule has 98 valence electrons. The molecule has 1 rings (SSSR count). The van der Waals surface area contributed by atoms with Crippen LogP contribution in [0.4, 0.5) is 9.18 Å². The standard InChI is InChI=1S/C11H13FN2O4/c1-3-17-5-4-8-9(18-11(13)15)6-7(12)10(14-8)16-2/h4-6H,3H2,1-2H3,(H2,13,15). The van der Waals surface area contributed by atoms with E-state index >= 15 is 0 Å². The number of halogens is 1. The number of hydrogen-bond acceptors (Lipinski definition) is 5. The van der Waals surface area contributed by atoms with Crippen molar-refractivity contribution in [3.63, 3.8) is 0 Å². The van der Waals surface area contributed by atoms with Crippen LogP contribution in [-0.4, -0.2) is 24.8 Å². The van der Waals surface area contributed by atoms with E-state index in [2.05, 4.69) is 9.72 Å². The van der Waals surface area contributed by atoms with Crippen molar-refractivity contribution in [1.82, 2.24) is 4.98 Å². The molecule has 2 N–H and O–H groups in total. The maximum atomic E-state index is 13.4. The normalized spacial score (nSPS) is 10.4. The van der Waals surface area contributed by atoms with Crippen LogP contribution in [0.25, 0.3) is 6.08 Å². The zero-order chi connectivity index (χ0) is 13.5. The number of carbonyl (C=O) groups is 1. The molecule has 0 saturated heterocycles. The number of nitrogens with two attached hydrogens (primary N) is 1. The Kier molecular flexibility index (Phi) is 4.91. The first-order valence-electron chi connectivity index (χ1n) is 5.08. The molecule has 0 aliphatic rings. The third kappa shape index (κ3) is 3.62. The van der Waals surface area contributed by atoms with E-state index < -0.39 is 11.9 Å². The average molecular weight is 256 g/mol. The molecule has 6 nitrogen and oxygen atoms in total. The first-order valence-corrected chi connectivity index (χ1v) is 5.08. The number of carbonyl (C=O) groups excluding carboxylic acids is 1. The van der Waals surface area contributed by atoms with Crippen molar-refractivity contribution in [3.8, 4) is 11.6 Å². The minimum Gasteiger partial charge on any atom is -0.501 e. The summed E-state index contributed by atoms with van der Waals surface area (Å²) in [7, 11) is 1.27. The van der Waals surface area contributed by atoms with Gasteiger partial charge in [-0.25, -0.2) is 14.2 Å². The summed E-state index contributed by atoms with van der Waals surface area (Å²) in [6.07, 6.45) is 1.68. The summed E-state index contributed by atoms with van der Waals surface area (Å²) in [6.45, 7) is 2.25. The van der Waals surface area contributed by atoms with Crippen molar-refractivity contribution in [3.05, 3.63) is 23.8 Å². The van der Waals surface area contributed by atoms with Crippen LogP contribution in [-0.2, 0) is 4.74 Å². The zero-order valence-corrected chi connectivity index (χ0v) is 9.97. The van der Waals surface area contributed by atoms with E-state index in [1.807, 2.05) is 0 Å². The Bertz CT molecular complexity index is 463. The first kappa shape index (κ1) is 13.8. The summed E-state index contributed by atoms with van der Waals surface area (Å²) >= 11 is 0. The number of rotatable bonds is 5. The van der Waals surface area contributed by atoms with E-state index in [4.69, 9.17) is 15.2 Å². The van der Waals surface area contributed by atoms with Gasteiger partial charge in [0.1, 0.15) is 5.69 Å². The van der Waals surface area contributed by atoms with Crippen molar-refractivity contribution in [2.75, 3.05) is 13.7 Å². The lowest BCUT2D eigenvalue weighted by atomic mass is 10.3. The second-order valence-corrected chi connectivity index (χ2v) is 3.04. The zero-order valence-electron chi connectivity index (χ0n) is 9.97. The van der Waals surface area contributed by atoms with Gasteiger partial charge in [-0.2, -0.15) is 0 Å². The number of pyridine rings is 1. The van der Waals surface area contributed by atoms with Crippen LogP contribution in [0.15, 0.2) is 12.3 Å². The molecule has 0 aromatic carbocycles. The fourth-order valence-electron chi connectivity index (χ4n) is 1.13. The lowest BCUT2D eigenvalue weighted by Gasteiger charge is -2.07. The van der Waals surface area contributed by atoms with E-state index in [0.717, 1.165) is 6.07 Å². The Morgan fingerprint density at radius 3 is 2.89 bits per heavy atom. The number of nitrogens with zero attached hydrogens (tertiary/aromatic N) is 1. The molecule has 1 heterocycles.